The van der Waals surface area contributed by atoms with Crippen LogP contribution in [0.1, 0.15) is 36.0 Å². The highest BCUT2D eigenvalue weighted by Gasteiger charge is 2.23. The SMILES string of the molecule is Cc1cc(NC(=O)C(C)(C)C)sc1C(=O)Nc1ccc(-c2csc(N3CCOCC3)n2)cc1. The number of thiophene rings is 1. The van der Waals surface area contributed by atoms with E-state index in [1.807, 2.05) is 58.0 Å². The molecule has 0 bridgehead atoms. The molecule has 174 valence electrons. The smallest absolute Gasteiger partial charge is 0.266 e. The summed E-state index contributed by atoms with van der Waals surface area (Å²) in [5, 5.41) is 9.58. The van der Waals surface area contributed by atoms with Crippen molar-refractivity contribution in [2.75, 3.05) is 41.8 Å². The van der Waals surface area contributed by atoms with Gasteiger partial charge in [0.05, 0.1) is 28.8 Å². The van der Waals surface area contributed by atoms with Gasteiger partial charge in [0.15, 0.2) is 5.13 Å². The first-order valence-electron chi connectivity index (χ1n) is 10.8. The van der Waals surface area contributed by atoms with Crippen LogP contribution in [0.15, 0.2) is 35.7 Å². The van der Waals surface area contributed by atoms with Gasteiger partial charge in [-0.1, -0.05) is 32.9 Å². The van der Waals surface area contributed by atoms with Crippen molar-refractivity contribution < 1.29 is 14.3 Å². The molecule has 0 spiro atoms. The van der Waals surface area contributed by atoms with Crippen LogP contribution < -0.4 is 15.5 Å². The van der Waals surface area contributed by atoms with Crippen molar-refractivity contribution in [3.63, 3.8) is 0 Å². The van der Waals surface area contributed by atoms with Crippen LogP contribution >= 0.6 is 22.7 Å². The predicted molar refractivity (Wildman–Crippen MR) is 136 cm³/mol. The second-order valence-corrected chi connectivity index (χ2v) is 10.9. The lowest BCUT2D eigenvalue weighted by Crippen LogP contribution is -2.36. The van der Waals surface area contributed by atoms with Crippen LogP contribution in [0.25, 0.3) is 11.3 Å². The lowest BCUT2D eigenvalue weighted by atomic mass is 9.96. The standard InChI is InChI=1S/C24H28N4O3S2/c1-15-13-19(27-22(30)24(2,3)4)33-20(15)21(29)25-17-7-5-16(6-8-17)18-14-32-23(26-18)28-9-11-31-12-10-28/h5-8,13-14H,9-12H2,1-4H3,(H,25,29)(H,27,30). The molecule has 2 amide bonds. The number of carbonyl (C=O) groups excluding carboxylic acids is 2. The molecule has 0 aliphatic carbocycles. The fourth-order valence-corrected chi connectivity index (χ4v) is 5.13. The van der Waals surface area contributed by atoms with Crippen molar-refractivity contribution in [3.05, 3.63) is 46.2 Å². The molecule has 0 atom stereocenters. The number of thiazole rings is 1. The first kappa shape index (κ1) is 23.4. The molecule has 9 heteroatoms. The number of nitrogens with zero attached hydrogens (tertiary/aromatic N) is 2. The van der Waals surface area contributed by atoms with E-state index in [2.05, 4.69) is 20.9 Å². The lowest BCUT2D eigenvalue weighted by molar-refractivity contribution is -0.123. The van der Waals surface area contributed by atoms with Crippen LogP contribution in [0, 0.1) is 12.3 Å². The zero-order valence-electron chi connectivity index (χ0n) is 19.2. The number of morpholine rings is 1. The number of hydrogen-bond donors (Lipinski definition) is 2. The molecule has 1 saturated heterocycles. The molecule has 1 fully saturated rings. The van der Waals surface area contributed by atoms with Gasteiger partial charge in [-0.3, -0.25) is 9.59 Å². The Balaban J connectivity index is 1.41. The fraction of sp³-hybridized carbons (Fsp3) is 0.375. The maximum Gasteiger partial charge on any atom is 0.266 e. The number of aromatic nitrogens is 1. The average Bonchev–Trinajstić information content (AvgIpc) is 3.41. The van der Waals surface area contributed by atoms with Gasteiger partial charge >= 0.3 is 0 Å². The lowest BCUT2D eigenvalue weighted by Gasteiger charge is -2.26. The number of anilines is 3. The van der Waals surface area contributed by atoms with E-state index >= 15 is 0 Å². The molecule has 1 aliphatic rings. The minimum absolute atomic E-state index is 0.0786. The van der Waals surface area contributed by atoms with Crippen LogP contribution in [0.5, 0.6) is 0 Å². The number of nitrogens with one attached hydrogen (secondary N) is 2. The summed E-state index contributed by atoms with van der Waals surface area (Å²) >= 11 is 2.91. The summed E-state index contributed by atoms with van der Waals surface area (Å²) in [5.74, 6) is -0.269. The van der Waals surface area contributed by atoms with E-state index in [4.69, 9.17) is 9.72 Å². The largest absolute Gasteiger partial charge is 0.378 e. The number of ether oxygens (including phenoxy) is 1. The maximum atomic E-state index is 12.8. The first-order valence-corrected chi connectivity index (χ1v) is 12.5. The van der Waals surface area contributed by atoms with E-state index in [-0.39, 0.29) is 11.8 Å². The third-order valence-corrected chi connectivity index (χ3v) is 7.31. The molecule has 1 aliphatic heterocycles. The molecule has 2 aromatic heterocycles. The van der Waals surface area contributed by atoms with Crippen molar-refractivity contribution in [2.24, 2.45) is 5.41 Å². The number of rotatable bonds is 5. The fourth-order valence-electron chi connectivity index (χ4n) is 3.28. The average molecular weight is 485 g/mol. The zero-order chi connectivity index (χ0) is 23.6. The second kappa shape index (κ2) is 9.62. The Morgan fingerprint density at radius 1 is 1.09 bits per heavy atom. The summed E-state index contributed by atoms with van der Waals surface area (Å²) in [6.45, 7) is 10.6. The van der Waals surface area contributed by atoms with Gasteiger partial charge in [0.25, 0.3) is 5.91 Å². The van der Waals surface area contributed by atoms with Crippen molar-refractivity contribution in [1.82, 2.24) is 4.98 Å². The molecular formula is C24H28N4O3S2. The van der Waals surface area contributed by atoms with E-state index in [9.17, 15) is 9.59 Å². The molecular weight excluding hydrogens is 456 g/mol. The predicted octanol–water partition coefficient (Wildman–Crippen LogP) is 5.25. The summed E-state index contributed by atoms with van der Waals surface area (Å²) < 4.78 is 5.41. The Kier molecular flexibility index (Phi) is 6.83. The van der Waals surface area contributed by atoms with Crippen LogP contribution in [0.2, 0.25) is 0 Å². The first-order chi connectivity index (χ1) is 15.7. The Labute approximate surface area is 201 Å². The van der Waals surface area contributed by atoms with Gasteiger partial charge in [0.1, 0.15) is 0 Å². The molecule has 0 radical (unpaired) electrons. The van der Waals surface area contributed by atoms with E-state index in [1.165, 1.54) is 11.3 Å². The third kappa shape index (κ3) is 5.61. The maximum absolute atomic E-state index is 12.8. The number of benzene rings is 1. The normalized spacial score (nSPS) is 14.2. The molecule has 3 heterocycles. The van der Waals surface area contributed by atoms with Gasteiger partial charge in [0, 0.05) is 35.1 Å². The Morgan fingerprint density at radius 2 is 1.79 bits per heavy atom. The van der Waals surface area contributed by atoms with Crippen LogP contribution in [-0.4, -0.2) is 43.1 Å². The number of aryl methyl sites for hydroxylation is 1. The molecule has 4 rings (SSSR count). The summed E-state index contributed by atoms with van der Waals surface area (Å²) in [6, 6.07) is 9.52. The minimum Gasteiger partial charge on any atom is -0.378 e. The number of amides is 2. The Hall–Kier alpha value is -2.75. The summed E-state index contributed by atoms with van der Waals surface area (Å²) in [7, 11) is 0. The highest BCUT2D eigenvalue weighted by molar-refractivity contribution is 7.18. The van der Waals surface area contributed by atoms with E-state index < -0.39 is 5.41 Å². The highest BCUT2D eigenvalue weighted by Crippen LogP contribution is 2.31. The van der Waals surface area contributed by atoms with Gasteiger partial charge in [-0.05, 0) is 30.7 Å². The van der Waals surface area contributed by atoms with Gasteiger partial charge in [-0.15, -0.1) is 22.7 Å². The summed E-state index contributed by atoms with van der Waals surface area (Å²) in [4.78, 5) is 32.7. The Morgan fingerprint density at radius 3 is 2.45 bits per heavy atom. The molecule has 0 unspecified atom stereocenters. The van der Waals surface area contributed by atoms with Gasteiger partial charge in [-0.2, -0.15) is 0 Å². The van der Waals surface area contributed by atoms with Crippen molar-refractivity contribution in [1.29, 1.82) is 0 Å². The monoisotopic (exact) mass is 484 g/mol. The van der Waals surface area contributed by atoms with Crippen LogP contribution in [0.4, 0.5) is 15.8 Å². The highest BCUT2D eigenvalue weighted by atomic mass is 32.1. The number of carbonyl (C=O) groups is 2. The summed E-state index contributed by atoms with van der Waals surface area (Å²) in [6.07, 6.45) is 0. The topological polar surface area (TPSA) is 83.6 Å². The molecule has 3 aromatic rings. The van der Waals surface area contributed by atoms with E-state index in [1.54, 1.807) is 11.3 Å². The van der Waals surface area contributed by atoms with Crippen LogP contribution in [-0.2, 0) is 9.53 Å². The van der Waals surface area contributed by atoms with Gasteiger partial charge in [-0.25, -0.2) is 4.98 Å². The van der Waals surface area contributed by atoms with E-state index in [0.717, 1.165) is 48.3 Å². The van der Waals surface area contributed by atoms with Gasteiger partial charge < -0.3 is 20.3 Å². The molecule has 2 N–H and O–H groups in total. The molecule has 7 nitrogen and oxygen atoms in total. The number of hydrogen-bond acceptors (Lipinski definition) is 7. The van der Waals surface area contributed by atoms with Crippen molar-refractivity contribution in [2.45, 2.75) is 27.7 Å². The van der Waals surface area contributed by atoms with Crippen molar-refractivity contribution >= 4 is 50.3 Å². The van der Waals surface area contributed by atoms with Crippen molar-refractivity contribution in [3.8, 4) is 11.3 Å². The molecule has 0 saturated carbocycles. The van der Waals surface area contributed by atoms with Crippen LogP contribution in [0.3, 0.4) is 0 Å². The second-order valence-electron chi connectivity index (χ2n) is 8.97. The summed E-state index contributed by atoms with van der Waals surface area (Å²) in [5.41, 5.74) is 2.97. The zero-order valence-corrected chi connectivity index (χ0v) is 20.9. The van der Waals surface area contributed by atoms with Gasteiger partial charge in [0.2, 0.25) is 5.91 Å². The van der Waals surface area contributed by atoms with E-state index in [0.29, 0.717) is 15.6 Å². The Bertz CT molecular complexity index is 1140. The minimum atomic E-state index is -0.498. The quantitative estimate of drug-likeness (QED) is 0.517. The molecule has 33 heavy (non-hydrogen) atoms. The molecule has 1 aromatic carbocycles. The third-order valence-electron chi connectivity index (χ3n) is 5.25.